The van der Waals surface area contributed by atoms with Gasteiger partial charge in [0.05, 0.1) is 4.92 Å². The van der Waals surface area contributed by atoms with Gasteiger partial charge in [0, 0.05) is 17.5 Å². The van der Waals surface area contributed by atoms with E-state index in [1.807, 2.05) is 6.07 Å². The van der Waals surface area contributed by atoms with E-state index in [0.29, 0.717) is 5.92 Å². The molecule has 0 N–H and O–H groups in total. The van der Waals surface area contributed by atoms with Crippen LogP contribution in [0.1, 0.15) is 37.7 Å². The van der Waals surface area contributed by atoms with Crippen LogP contribution in [0.2, 0.25) is 0 Å². The molecule has 1 aliphatic carbocycles. The number of nitrogens with zero attached hydrogens (tertiary/aromatic N) is 1. The molecule has 0 heterocycles. The Morgan fingerprint density at radius 2 is 2.11 bits per heavy atom. The summed E-state index contributed by atoms with van der Waals surface area (Å²) < 4.78 is 0. The van der Waals surface area contributed by atoms with Crippen molar-refractivity contribution in [3.63, 3.8) is 0 Å². The van der Waals surface area contributed by atoms with Crippen LogP contribution in [0.3, 0.4) is 0 Å². The van der Waals surface area contributed by atoms with Crippen LogP contribution in [0, 0.1) is 16.0 Å². The molecule has 1 aliphatic rings. The Hall–Kier alpha value is -1.16. The van der Waals surface area contributed by atoms with Gasteiger partial charge in [-0.1, -0.05) is 59.0 Å². The first kappa shape index (κ1) is 14.3. The normalized spacial score (nSPS) is 17.4. The van der Waals surface area contributed by atoms with Crippen molar-refractivity contribution in [3.05, 3.63) is 45.5 Å². The van der Waals surface area contributed by atoms with Crippen LogP contribution in [0.25, 0.3) is 6.08 Å². The van der Waals surface area contributed by atoms with Crippen LogP contribution in [-0.4, -0.2) is 10.3 Å². The van der Waals surface area contributed by atoms with Gasteiger partial charge in [0.1, 0.15) is 0 Å². The number of benzene rings is 1. The maximum Gasteiger partial charge on any atom is 0.270 e. The lowest BCUT2D eigenvalue weighted by molar-refractivity contribution is -0.384. The molecule has 0 amide bonds. The first-order valence-electron chi connectivity index (χ1n) is 6.71. The number of rotatable bonds is 4. The van der Waals surface area contributed by atoms with Crippen LogP contribution in [-0.2, 0) is 0 Å². The molecule has 1 aromatic rings. The van der Waals surface area contributed by atoms with Crippen molar-refractivity contribution in [2.45, 2.75) is 32.1 Å². The summed E-state index contributed by atoms with van der Waals surface area (Å²) in [6.07, 6.45) is 8.52. The number of hydrogen-bond donors (Lipinski definition) is 0. The minimum atomic E-state index is -0.342. The maximum atomic E-state index is 10.8. The third kappa shape index (κ3) is 3.90. The summed E-state index contributed by atoms with van der Waals surface area (Å²) >= 11 is 3.55. The fraction of sp³-hybridized carbons (Fsp3) is 0.467. The van der Waals surface area contributed by atoms with Crippen molar-refractivity contribution in [1.29, 1.82) is 0 Å². The molecule has 0 aromatic heterocycles. The molecule has 0 aliphatic heterocycles. The topological polar surface area (TPSA) is 43.1 Å². The molecule has 102 valence electrons. The monoisotopic (exact) mass is 323 g/mol. The van der Waals surface area contributed by atoms with Crippen LogP contribution in [0.4, 0.5) is 5.69 Å². The third-order valence-corrected chi connectivity index (χ3v) is 4.36. The highest BCUT2D eigenvalue weighted by atomic mass is 79.9. The Bertz CT molecular complexity index is 479. The number of allylic oxidation sites excluding steroid dienone is 1. The lowest BCUT2D eigenvalue weighted by Gasteiger charge is -2.23. The smallest absolute Gasteiger partial charge is 0.258 e. The first-order valence-corrected chi connectivity index (χ1v) is 7.83. The van der Waals surface area contributed by atoms with E-state index >= 15 is 0 Å². The minimum absolute atomic E-state index is 0.159. The highest BCUT2D eigenvalue weighted by molar-refractivity contribution is 9.09. The fourth-order valence-corrected chi connectivity index (χ4v) is 3.30. The van der Waals surface area contributed by atoms with Gasteiger partial charge in [-0.2, -0.15) is 0 Å². The average Bonchev–Trinajstić information content (AvgIpc) is 2.46. The van der Waals surface area contributed by atoms with Gasteiger partial charge >= 0.3 is 0 Å². The Balaban J connectivity index is 2.21. The molecule has 0 atom stereocenters. The molecule has 19 heavy (non-hydrogen) atoms. The molecule has 1 aromatic carbocycles. The Kier molecular flexibility index (Phi) is 5.14. The molecule has 1 fully saturated rings. The Labute approximate surface area is 122 Å². The highest BCUT2D eigenvalue weighted by Crippen LogP contribution is 2.32. The largest absolute Gasteiger partial charge is 0.270 e. The molecule has 2 rings (SSSR count). The molecular formula is C15H18BrNO2. The quantitative estimate of drug-likeness (QED) is 0.447. The molecule has 0 bridgehead atoms. The summed E-state index contributed by atoms with van der Waals surface area (Å²) in [5, 5.41) is 11.6. The second kappa shape index (κ2) is 6.85. The second-order valence-corrected chi connectivity index (χ2v) is 5.60. The average molecular weight is 324 g/mol. The maximum absolute atomic E-state index is 10.8. The molecule has 4 heteroatoms. The number of nitro benzene ring substituents is 1. The van der Waals surface area contributed by atoms with Crippen molar-refractivity contribution in [2.24, 2.45) is 5.92 Å². The molecule has 0 saturated heterocycles. The van der Waals surface area contributed by atoms with Gasteiger partial charge in [0.15, 0.2) is 0 Å². The Morgan fingerprint density at radius 1 is 1.37 bits per heavy atom. The Morgan fingerprint density at radius 3 is 2.74 bits per heavy atom. The van der Waals surface area contributed by atoms with Crippen molar-refractivity contribution in [1.82, 2.24) is 0 Å². The van der Waals surface area contributed by atoms with Gasteiger partial charge in [-0.15, -0.1) is 0 Å². The van der Waals surface area contributed by atoms with E-state index < -0.39 is 0 Å². The summed E-state index contributed by atoms with van der Waals surface area (Å²) in [5.41, 5.74) is 2.45. The van der Waals surface area contributed by atoms with Crippen molar-refractivity contribution < 1.29 is 4.92 Å². The molecule has 3 nitrogen and oxygen atoms in total. The van der Waals surface area contributed by atoms with E-state index in [9.17, 15) is 10.1 Å². The first-order chi connectivity index (χ1) is 9.20. The van der Waals surface area contributed by atoms with Gasteiger partial charge in [-0.05, 0) is 24.3 Å². The van der Waals surface area contributed by atoms with Gasteiger partial charge in [0.2, 0.25) is 0 Å². The predicted molar refractivity (Wildman–Crippen MR) is 81.4 cm³/mol. The van der Waals surface area contributed by atoms with E-state index in [0.717, 1.165) is 10.9 Å². The number of halogens is 1. The summed E-state index contributed by atoms with van der Waals surface area (Å²) in [6.45, 7) is 0. The van der Waals surface area contributed by atoms with E-state index in [1.54, 1.807) is 12.1 Å². The van der Waals surface area contributed by atoms with Gasteiger partial charge in [-0.3, -0.25) is 10.1 Å². The summed E-state index contributed by atoms with van der Waals surface area (Å²) in [5.74, 6) is 0.632. The van der Waals surface area contributed by atoms with Crippen LogP contribution in [0.5, 0.6) is 0 Å². The zero-order chi connectivity index (χ0) is 13.7. The van der Waals surface area contributed by atoms with Gasteiger partial charge < -0.3 is 0 Å². The minimum Gasteiger partial charge on any atom is -0.258 e. The molecule has 1 saturated carbocycles. The van der Waals surface area contributed by atoms with E-state index in [1.165, 1.54) is 43.7 Å². The van der Waals surface area contributed by atoms with Crippen molar-refractivity contribution in [3.8, 4) is 0 Å². The number of non-ortho nitro benzene ring substituents is 1. The lowest BCUT2D eigenvalue weighted by atomic mass is 9.84. The van der Waals surface area contributed by atoms with Gasteiger partial charge in [-0.25, -0.2) is 0 Å². The summed E-state index contributed by atoms with van der Waals surface area (Å²) in [4.78, 5) is 10.4. The van der Waals surface area contributed by atoms with Crippen LogP contribution in [0.15, 0.2) is 29.8 Å². The lowest BCUT2D eigenvalue weighted by Crippen LogP contribution is -2.10. The van der Waals surface area contributed by atoms with E-state index in [2.05, 4.69) is 22.0 Å². The third-order valence-electron chi connectivity index (χ3n) is 3.72. The molecule has 0 unspecified atom stereocenters. The summed E-state index contributed by atoms with van der Waals surface area (Å²) in [7, 11) is 0. The van der Waals surface area contributed by atoms with E-state index in [-0.39, 0.29) is 10.6 Å². The second-order valence-electron chi connectivity index (χ2n) is 5.04. The SMILES string of the molecule is O=[N+]([O-])c1cccc(C=C(CBr)C2CCCCC2)c1. The fourth-order valence-electron chi connectivity index (χ4n) is 2.68. The van der Waals surface area contributed by atoms with Crippen LogP contribution < -0.4 is 0 Å². The standard InChI is InChI=1S/C15H18BrNO2/c16-11-14(13-6-2-1-3-7-13)9-12-5-4-8-15(10-12)17(18)19/h4-5,8-10,13H,1-3,6-7,11H2. The number of alkyl halides is 1. The molecular weight excluding hydrogens is 306 g/mol. The highest BCUT2D eigenvalue weighted by Gasteiger charge is 2.17. The zero-order valence-electron chi connectivity index (χ0n) is 10.8. The van der Waals surface area contributed by atoms with Crippen molar-refractivity contribution >= 4 is 27.7 Å². The van der Waals surface area contributed by atoms with E-state index in [4.69, 9.17) is 0 Å². The molecule has 0 radical (unpaired) electrons. The summed E-state index contributed by atoms with van der Waals surface area (Å²) in [6, 6.07) is 6.85. The molecule has 0 spiro atoms. The van der Waals surface area contributed by atoms with Crippen LogP contribution >= 0.6 is 15.9 Å². The number of nitro groups is 1. The zero-order valence-corrected chi connectivity index (χ0v) is 12.4. The van der Waals surface area contributed by atoms with Crippen molar-refractivity contribution in [2.75, 3.05) is 5.33 Å². The predicted octanol–water partition coefficient (Wildman–Crippen LogP) is 4.95. The number of hydrogen-bond acceptors (Lipinski definition) is 2. The van der Waals surface area contributed by atoms with Gasteiger partial charge in [0.25, 0.3) is 5.69 Å².